The zero-order chi connectivity index (χ0) is 14.5. The van der Waals surface area contributed by atoms with Gasteiger partial charge in [-0.15, -0.1) is 0 Å². The first-order valence-electron chi connectivity index (χ1n) is 6.57. The molecule has 1 nitrogen and oxygen atoms in total. The molecular formula is C16H17ClFNS. The van der Waals surface area contributed by atoms with E-state index < -0.39 is 0 Å². The number of hydrogen-bond acceptors (Lipinski definition) is 2. The number of benzene rings is 2. The predicted octanol–water partition coefficient (Wildman–Crippen LogP) is 5.30. The molecule has 1 unspecified atom stereocenters. The zero-order valence-corrected chi connectivity index (χ0v) is 13.1. The van der Waals surface area contributed by atoms with Crippen LogP contribution in [0.5, 0.6) is 0 Å². The quantitative estimate of drug-likeness (QED) is 0.804. The first kappa shape index (κ1) is 15.4. The van der Waals surface area contributed by atoms with Crippen LogP contribution in [0.2, 0.25) is 5.02 Å². The molecule has 2 aromatic carbocycles. The maximum Gasteiger partial charge on any atom is 0.137 e. The lowest BCUT2D eigenvalue weighted by molar-refractivity contribution is 0.558. The van der Waals surface area contributed by atoms with E-state index in [2.05, 4.69) is 5.32 Å². The second kappa shape index (κ2) is 7.11. The van der Waals surface area contributed by atoms with Crippen LogP contribution in [-0.2, 0) is 0 Å². The highest BCUT2D eigenvalue weighted by molar-refractivity contribution is 7.99. The van der Waals surface area contributed by atoms with E-state index in [0.717, 1.165) is 17.0 Å². The molecule has 0 aliphatic heterocycles. The van der Waals surface area contributed by atoms with E-state index in [0.29, 0.717) is 9.92 Å². The van der Waals surface area contributed by atoms with Gasteiger partial charge in [0.2, 0.25) is 0 Å². The van der Waals surface area contributed by atoms with Crippen molar-refractivity contribution in [2.45, 2.75) is 29.7 Å². The second-order valence-corrected chi connectivity index (χ2v) is 6.02. The van der Waals surface area contributed by atoms with Crippen LogP contribution in [-0.4, -0.2) is 6.54 Å². The third-order valence-electron chi connectivity index (χ3n) is 2.99. The Morgan fingerprint density at radius 2 is 2.00 bits per heavy atom. The number of halogens is 2. The van der Waals surface area contributed by atoms with Crippen LogP contribution >= 0.6 is 23.4 Å². The summed E-state index contributed by atoms with van der Waals surface area (Å²) in [5.41, 5.74) is 0.969. The average Bonchev–Trinajstić information content (AvgIpc) is 2.41. The molecule has 0 saturated heterocycles. The van der Waals surface area contributed by atoms with Crippen molar-refractivity contribution in [2.75, 3.05) is 6.54 Å². The van der Waals surface area contributed by atoms with Gasteiger partial charge >= 0.3 is 0 Å². The molecule has 0 aliphatic rings. The Balaban J connectivity index is 2.35. The van der Waals surface area contributed by atoms with Crippen LogP contribution in [0.15, 0.2) is 52.3 Å². The minimum atomic E-state index is -0.197. The van der Waals surface area contributed by atoms with Crippen molar-refractivity contribution in [2.24, 2.45) is 0 Å². The Morgan fingerprint density at radius 1 is 1.25 bits per heavy atom. The van der Waals surface area contributed by atoms with Gasteiger partial charge in [0.05, 0.1) is 4.90 Å². The van der Waals surface area contributed by atoms with E-state index in [1.165, 1.54) is 17.8 Å². The summed E-state index contributed by atoms with van der Waals surface area (Å²) < 4.78 is 14.2. The van der Waals surface area contributed by atoms with Crippen molar-refractivity contribution in [3.8, 4) is 0 Å². The Labute approximate surface area is 128 Å². The molecule has 0 radical (unpaired) electrons. The third-order valence-corrected chi connectivity index (χ3v) is 4.35. The van der Waals surface area contributed by atoms with Crippen LogP contribution in [0.25, 0.3) is 0 Å². The van der Waals surface area contributed by atoms with Crippen molar-refractivity contribution in [3.05, 3.63) is 58.9 Å². The Morgan fingerprint density at radius 3 is 2.70 bits per heavy atom. The van der Waals surface area contributed by atoms with Gasteiger partial charge in [-0.3, -0.25) is 0 Å². The number of rotatable bonds is 5. The summed E-state index contributed by atoms with van der Waals surface area (Å²) in [7, 11) is 0. The fourth-order valence-corrected chi connectivity index (χ4v) is 3.39. The summed E-state index contributed by atoms with van der Waals surface area (Å²) in [5, 5.41) is 3.98. The van der Waals surface area contributed by atoms with E-state index >= 15 is 0 Å². The fraction of sp³-hybridized carbons (Fsp3) is 0.250. The van der Waals surface area contributed by atoms with E-state index in [-0.39, 0.29) is 11.9 Å². The third kappa shape index (κ3) is 3.75. The molecule has 1 atom stereocenters. The lowest BCUT2D eigenvalue weighted by Crippen LogP contribution is -2.18. The van der Waals surface area contributed by atoms with Gasteiger partial charge in [0, 0.05) is 16.0 Å². The maximum atomic E-state index is 14.2. The SMILES string of the molecule is CCNC(C)c1cccc(F)c1Sc1cccc(Cl)c1. The van der Waals surface area contributed by atoms with Crippen molar-refractivity contribution in [1.29, 1.82) is 0 Å². The summed E-state index contributed by atoms with van der Waals surface area (Å²) in [6.07, 6.45) is 0. The molecule has 0 aromatic heterocycles. The standard InChI is InChI=1S/C16H17ClFNS/c1-3-19-11(2)14-8-5-9-15(18)16(14)20-13-7-4-6-12(17)10-13/h4-11,19H,3H2,1-2H3. The molecule has 2 aromatic rings. The maximum absolute atomic E-state index is 14.2. The monoisotopic (exact) mass is 309 g/mol. The molecule has 1 N–H and O–H groups in total. The molecule has 0 saturated carbocycles. The van der Waals surface area contributed by atoms with E-state index in [1.807, 2.05) is 44.2 Å². The molecule has 0 fully saturated rings. The van der Waals surface area contributed by atoms with Crippen molar-refractivity contribution >= 4 is 23.4 Å². The fourth-order valence-electron chi connectivity index (χ4n) is 2.04. The topological polar surface area (TPSA) is 12.0 Å². The molecule has 106 valence electrons. The van der Waals surface area contributed by atoms with Gasteiger partial charge in [-0.1, -0.05) is 48.5 Å². The van der Waals surface area contributed by atoms with E-state index in [4.69, 9.17) is 11.6 Å². The van der Waals surface area contributed by atoms with Gasteiger partial charge in [-0.2, -0.15) is 0 Å². The highest BCUT2D eigenvalue weighted by atomic mass is 35.5. The smallest absolute Gasteiger partial charge is 0.137 e. The summed E-state index contributed by atoms with van der Waals surface area (Å²) in [4.78, 5) is 1.59. The van der Waals surface area contributed by atoms with Crippen LogP contribution in [0.4, 0.5) is 4.39 Å². The summed E-state index contributed by atoms with van der Waals surface area (Å²) >= 11 is 7.39. The average molecular weight is 310 g/mol. The summed E-state index contributed by atoms with van der Waals surface area (Å²) in [6.45, 7) is 4.93. The molecule has 20 heavy (non-hydrogen) atoms. The molecule has 0 amide bonds. The minimum absolute atomic E-state index is 0.109. The molecule has 0 aliphatic carbocycles. The predicted molar refractivity (Wildman–Crippen MR) is 84.1 cm³/mol. The molecule has 4 heteroatoms. The number of hydrogen-bond donors (Lipinski definition) is 1. The molecule has 0 bridgehead atoms. The van der Waals surface area contributed by atoms with Crippen LogP contribution in [0.3, 0.4) is 0 Å². The molecular weight excluding hydrogens is 293 g/mol. The normalized spacial score (nSPS) is 12.4. The summed E-state index contributed by atoms with van der Waals surface area (Å²) in [5.74, 6) is -0.197. The van der Waals surface area contributed by atoms with Crippen LogP contribution in [0, 0.1) is 5.82 Å². The minimum Gasteiger partial charge on any atom is -0.310 e. The van der Waals surface area contributed by atoms with Gasteiger partial charge in [0.25, 0.3) is 0 Å². The highest BCUT2D eigenvalue weighted by Gasteiger charge is 2.14. The lowest BCUT2D eigenvalue weighted by atomic mass is 10.1. The van der Waals surface area contributed by atoms with Crippen molar-refractivity contribution in [1.82, 2.24) is 5.32 Å². The largest absolute Gasteiger partial charge is 0.310 e. The second-order valence-electron chi connectivity index (χ2n) is 4.50. The Bertz CT molecular complexity index is 588. The van der Waals surface area contributed by atoms with Crippen molar-refractivity contribution < 1.29 is 4.39 Å². The zero-order valence-electron chi connectivity index (χ0n) is 11.5. The van der Waals surface area contributed by atoms with E-state index in [1.54, 1.807) is 6.07 Å². The van der Waals surface area contributed by atoms with Gasteiger partial charge in [-0.05, 0) is 43.3 Å². The Kier molecular flexibility index (Phi) is 5.46. The first-order valence-corrected chi connectivity index (χ1v) is 7.76. The molecule has 0 heterocycles. The van der Waals surface area contributed by atoms with Crippen LogP contribution < -0.4 is 5.32 Å². The lowest BCUT2D eigenvalue weighted by Gasteiger charge is -2.17. The first-order chi connectivity index (χ1) is 9.61. The number of nitrogens with one attached hydrogen (secondary N) is 1. The molecule has 2 rings (SSSR count). The summed E-state index contributed by atoms with van der Waals surface area (Å²) in [6, 6.07) is 12.8. The van der Waals surface area contributed by atoms with Gasteiger partial charge in [-0.25, -0.2) is 4.39 Å². The van der Waals surface area contributed by atoms with Crippen molar-refractivity contribution in [3.63, 3.8) is 0 Å². The van der Waals surface area contributed by atoms with Gasteiger partial charge in [0.1, 0.15) is 5.82 Å². The van der Waals surface area contributed by atoms with E-state index in [9.17, 15) is 4.39 Å². The van der Waals surface area contributed by atoms with Gasteiger partial charge in [0.15, 0.2) is 0 Å². The highest BCUT2D eigenvalue weighted by Crippen LogP contribution is 2.36. The molecule has 0 spiro atoms. The van der Waals surface area contributed by atoms with Gasteiger partial charge < -0.3 is 5.32 Å². The van der Waals surface area contributed by atoms with Crippen LogP contribution in [0.1, 0.15) is 25.5 Å². The Hall–Kier alpha value is -1.03.